The first kappa shape index (κ1) is 22.3. The highest BCUT2D eigenvalue weighted by atomic mass is 35.5. The molecule has 0 unspecified atom stereocenters. The number of aryl methyl sites for hydroxylation is 2. The predicted octanol–water partition coefficient (Wildman–Crippen LogP) is 4.40. The van der Waals surface area contributed by atoms with Gasteiger partial charge in [0, 0.05) is 26.2 Å². The highest BCUT2D eigenvalue weighted by molar-refractivity contribution is 6.33. The molecule has 0 aliphatic carbocycles. The van der Waals surface area contributed by atoms with Crippen molar-refractivity contribution in [2.24, 2.45) is 17.9 Å². The first-order valence-corrected chi connectivity index (χ1v) is 11.6. The van der Waals surface area contributed by atoms with Gasteiger partial charge in [0.1, 0.15) is 27.9 Å². The maximum atomic E-state index is 13.5. The second-order valence-electron chi connectivity index (χ2n) is 10.6. The number of amides is 1. The number of rotatable bonds is 4. The molecule has 170 valence electrons. The minimum atomic E-state index is -0.0548. The summed E-state index contributed by atoms with van der Waals surface area (Å²) in [5.41, 5.74) is 2.07. The fraction of sp³-hybridized carbons (Fsp3) is 0.696. The average Bonchev–Trinajstić information content (AvgIpc) is 3.39. The van der Waals surface area contributed by atoms with Gasteiger partial charge in [0.05, 0.1) is 0 Å². The van der Waals surface area contributed by atoms with Gasteiger partial charge in [-0.15, -0.1) is 0 Å². The van der Waals surface area contributed by atoms with Crippen LogP contribution >= 0.6 is 11.6 Å². The number of carbonyl (C=O) groups is 1. The normalized spacial score (nSPS) is 19.5. The minimum absolute atomic E-state index is 0.0548. The second kappa shape index (κ2) is 8.24. The fourth-order valence-electron chi connectivity index (χ4n) is 4.77. The van der Waals surface area contributed by atoms with Gasteiger partial charge >= 0.3 is 0 Å². The summed E-state index contributed by atoms with van der Waals surface area (Å²) < 4.78 is 6.73. The molecule has 31 heavy (non-hydrogen) atoms. The Hall–Kier alpha value is -1.86. The van der Waals surface area contributed by atoms with Crippen molar-refractivity contribution in [2.75, 3.05) is 32.7 Å². The van der Waals surface area contributed by atoms with Crippen LogP contribution in [-0.2, 0) is 7.05 Å². The smallest absolute Gasteiger partial charge is 0.259 e. The maximum absolute atomic E-state index is 13.5. The van der Waals surface area contributed by atoms with Gasteiger partial charge in [-0.1, -0.05) is 37.5 Å². The Morgan fingerprint density at radius 1 is 1.23 bits per heavy atom. The van der Waals surface area contributed by atoms with Crippen LogP contribution < -0.4 is 0 Å². The van der Waals surface area contributed by atoms with Gasteiger partial charge in [-0.2, -0.15) is 5.10 Å². The van der Waals surface area contributed by atoms with Gasteiger partial charge in [-0.25, -0.2) is 0 Å². The number of hydrogen-bond donors (Lipinski definition) is 0. The molecule has 0 radical (unpaired) electrons. The minimum Gasteiger partial charge on any atom is -0.361 e. The van der Waals surface area contributed by atoms with Gasteiger partial charge in [0.25, 0.3) is 5.91 Å². The van der Waals surface area contributed by atoms with E-state index in [0.717, 1.165) is 52.0 Å². The van der Waals surface area contributed by atoms with Crippen molar-refractivity contribution in [2.45, 2.75) is 53.4 Å². The third kappa shape index (κ3) is 4.67. The summed E-state index contributed by atoms with van der Waals surface area (Å²) in [6, 6.07) is 1.79. The predicted molar refractivity (Wildman–Crippen MR) is 121 cm³/mol. The molecule has 2 aliphatic heterocycles. The van der Waals surface area contributed by atoms with Crippen molar-refractivity contribution in [1.82, 2.24) is 24.7 Å². The molecule has 0 saturated carbocycles. The van der Waals surface area contributed by atoms with E-state index in [1.54, 1.807) is 13.1 Å². The van der Waals surface area contributed by atoms with Crippen LogP contribution in [0.25, 0.3) is 11.4 Å². The number of nitrogens with zero attached hydrogens (tertiary/aromatic N) is 5. The van der Waals surface area contributed by atoms with Gasteiger partial charge in [-0.3, -0.25) is 9.48 Å². The van der Waals surface area contributed by atoms with Crippen LogP contribution in [0.3, 0.4) is 0 Å². The number of halogens is 1. The topological polar surface area (TPSA) is 67.4 Å². The standard InChI is InChI=1S/C23H34ClN5O2/c1-16-14-17(26-31-16)19-18(20(24)27(5)25-19)21(30)29-13-9-23(15-29)7-11-28(12-8-23)10-6-22(2,3)4/h14H,6-13,15H2,1-5H3. The van der Waals surface area contributed by atoms with Crippen LogP contribution in [0.1, 0.15) is 62.6 Å². The molecule has 2 fully saturated rings. The Morgan fingerprint density at radius 3 is 2.52 bits per heavy atom. The van der Waals surface area contributed by atoms with Gasteiger partial charge in [0.15, 0.2) is 0 Å². The van der Waals surface area contributed by atoms with E-state index in [9.17, 15) is 4.79 Å². The molecule has 4 rings (SSSR count). The Morgan fingerprint density at radius 2 is 1.90 bits per heavy atom. The summed E-state index contributed by atoms with van der Waals surface area (Å²) in [6.45, 7) is 13.7. The molecule has 0 N–H and O–H groups in total. The molecule has 2 aromatic rings. The lowest BCUT2D eigenvalue weighted by atomic mass is 9.77. The van der Waals surface area contributed by atoms with E-state index in [1.807, 2.05) is 11.8 Å². The summed E-state index contributed by atoms with van der Waals surface area (Å²) in [5, 5.41) is 8.85. The zero-order chi connectivity index (χ0) is 22.4. The monoisotopic (exact) mass is 447 g/mol. The largest absolute Gasteiger partial charge is 0.361 e. The molecular weight excluding hydrogens is 414 g/mol. The Kier molecular flexibility index (Phi) is 5.94. The Balaban J connectivity index is 1.44. The summed E-state index contributed by atoms with van der Waals surface area (Å²) in [4.78, 5) is 18.1. The number of likely N-dealkylation sites (tertiary alicyclic amines) is 2. The second-order valence-corrected chi connectivity index (χ2v) is 10.9. The van der Waals surface area contributed by atoms with E-state index in [2.05, 4.69) is 35.9 Å². The number of piperidine rings is 1. The molecule has 4 heterocycles. The fourth-order valence-corrected chi connectivity index (χ4v) is 4.98. The number of carbonyl (C=O) groups excluding carboxylic acids is 1. The molecule has 2 aliphatic rings. The SMILES string of the molecule is Cc1cc(-c2nn(C)c(Cl)c2C(=O)N2CCC3(CCN(CCC(C)(C)C)CC3)C2)no1. The van der Waals surface area contributed by atoms with Crippen molar-refractivity contribution < 1.29 is 9.32 Å². The van der Waals surface area contributed by atoms with Crippen LogP contribution in [0.15, 0.2) is 10.6 Å². The maximum Gasteiger partial charge on any atom is 0.259 e. The lowest BCUT2D eigenvalue weighted by Crippen LogP contribution is -2.43. The number of hydrogen-bond acceptors (Lipinski definition) is 5. The highest BCUT2D eigenvalue weighted by Gasteiger charge is 2.43. The molecule has 0 atom stereocenters. The van der Waals surface area contributed by atoms with E-state index in [1.165, 1.54) is 11.1 Å². The highest BCUT2D eigenvalue weighted by Crippen LogP contribution is 2.42. The van der Waals surface area contributed by atoms with E-state index < -0.39 is 0 Å². The zero-order valence-corrected chi connectivity index (χ0v) is 20.1. The molecule has 2 aromatic heterocycles. The molecule has 0 bridgehead atoms. The third-order valence-electron chi connectivity index (χ3n) is 6.88. The van der Waals surface area contributed by atoms with E-state index >= 15 is 0 Å². The molecular formula is C23H34ClN5O2. The van der Waals surface area contributed by atoms with E-state index in [-0.39, 0.29) is 11.3 Å². The molecule has 7 nitrogen and oxygen atoms in total. The van der Waals surface area contributed by atoms with Gasteiger partial charge in [-0.05, 0) is 63.1 Å². The van der Waals surface area contributed by atoms with Crippen LogP contribution in [0.4, 0.5) is 0 Å². The summed E-state index contributed by atoms with van der Waals surface area (Å²) in [6.07, 6.45) is 4.57. The average molecular weight is 448 g/mol. The molecule has 1 amide bonds. The third-order valence-corrected chi connectivity index (χ3v) is 7.32. The summed E-state index contributed by atoms with van der Waals surface area (Å²) in [5.74, 6) is 0.620. The van der Waals surface area contributed by atoms with Crippen LogP contribution in [-0.4, -0.2) is 63.4 Å². The van der Waals surface area contributed by atoms with Crippen molar-refractivity contribution in [3.05, 3.63) is 22.5 Å². The van der Waals surface area contributed by atoms with Crippen molar-refractivity contribution >= 4 is 17.5 Å². The van der Waals surface area contributed by atoms with Crippen molar-refractivity contribution in [3.63, 3.8) is 0 Å². The summed E-state index contributed by atoms with van der Waals surface area (Å²) in [7, 11) is 1.74. The first-order valence-electron chi connectivity index (χ1n) is 11.2. The zero-order valence-electron chi connectivity index (χ0n) is 19.4. The molecule has 2 saturated heterocycles. The Bertz CT molecular complexity index is 950. The Labute approximate surface area is 189 Å². The first-order chi connectivity index (χ1) is 14.6. The van der Waals surface area contributed by atoms with Crippen molar-refractivity contribution in [3.8, 4) is 11.4 Å². The quantitative estimate of drug-likeness (QED) is 0.694. The van der Waals surface area contributed by atoms with E-state index in [0.29, 0.717) is 33.3 Å². The van der Waals surface area contributed by atoms with Crippen LogP contribution in [0.2, 0.25) is 5.15 Å². The number of aromatic nitrogens is 3. The van der Waals surface area contributed by atoms with Gasteiger partial charge < -0.3 is 14.3 Å². The lowest BCUT2D eigenvalue weighted by molar-refractivity contribution is 0.0709. The van der Waals surface area contributed by atoms with Crippen LogP contribution in [0, 0.1) is 17.8 Å². The summed E-state index contributed by atoms with van der Waals surface area (Å²) >= 11 is 6.50. The molecule has 1 spiro atoms. The van der Waals surface area contributed by atoms with Crippen molar-refractivity contribution in [1.29, 1.82) is 0 Å². The molecule has 8 heteroatoms. The van der Waals surface area contributed by atoms with E-state index in [4.69, 9.17) is 16.1 Å². The van der Waals surface area contributed by atoms with Gasteiger partial charge in [0.2, 0.25) is 0 Å². The molecule has 0 aromatic carbocycles. The lowest BCUT2D eigenvalue weighted by Gasteiger charge is -2.40. The van der Waals surface area contributed by atoms with Crippen LogP contribution in [0.5, 0.6) is 0 Å².